The van der Waals surface area contributed by atoms with E-state index in [1.807, 2.05) is 0 Å². The second-order valence-corrected chi connectivity index (χ2v) is 7.58. The van der Waals surface area contributed by atoms with Gasteiger partial charge in [0.1, 0.15) is 0 Å². The number of rotatable bonds is 4. The third-order valence-electron chi connectivity index (χ3n) is 4.56. The van der Waals surface area contributed by atoms with E-state index in [9.17, 15) is 13.5 Å². The van der Waals surface area contributed by atoms with Gasteiger partial charge < -0.3 is 5.11 Å². The van der Waals surface area contributed by atoms with Crippen molar-refractivity contribution in [2.24, 2.45) is 5.92 Å². The average Bonchev–Trinajstić information content (AvgIpc) is 2.47. The van der Waals surface area contributed by atoms with Crippen LogP contribution in [0.1, 0.15) is 45.4 Å². The number of hydrogen-bond donors (Lipinski definition) is 1. The van der Waals surface area contributed by atoms with Crippen molar-refractivity contribution in [2.75, 3.05) is 26.2 Å². The smallest absolute Gasteiger partial charge is 0.282 e. The molecule has 2 aliphatic rings. The largest absolute Gasteiger partial charge is 0.395 e. The van der Waals surface area contributed by atoms with E-state index in [2.05, 4.69) is 6.92 Å². The molecule has 1 unspecified atom stereocenters. The lowest BCUT2D eigenvalue weighted by molar-refractivity contribution is 0.143. The molecular weight excluding hydrogens is 264 g/mol. The number of nitrogens with zero attached hydrogens (tertiary/aromatic N) is 2. The Morgan fingerprint density at radius 2 is 1.79 bits per heavy atom. The predicted molar refractivity (Wildman–Crippen MR) is 74.9 cm³/mol. The third-order valence-corrected chi connectivity index (χ3v) is 6.65. The van der Waals surface area contributed by atoms with E-state index in [4.69, 9.17) is 0 Å². The Morgan fingerprint density at radius 1 is 1.11 bits per heavy atom. The SMILES string of the molecule is CCC1CCN(S(=O)(=O)N2CCCCC2CO)CC1. The fraction of sp³-hybridized carbons (Fsp3) is 1.00. The minimum absolute atomic E-state index is 0.0648. The molecule has 0 radical (unpaired) electrons. The van der Waals surface area contributed by atoms with E-state index in [0.717, 1.165) is 38.5 Å². The monoisotopic (exact) mass is 290 g/mol. The predicted octanol–water partition coefficient (Wildman–Crippen LogP) is 1.20. The van der Waals surface area contributed by atoms with Crippen molar-refractivity contribution in [1.82, 2.24) is 8.61 Å². The van der Waals surface area contributed by atoms with Gasteiger partial charge in [-0.3, -0.25) is 0 Å². The summed E-state index contributed by atoms with van der Waals surface area (Å²) >= 11 is 0. The number of aliphatic hydroxyl groups excluding tert-OH is 1. The summed E-state index contributed by atoms with van der Waals surface area (Å²) in [4.78, 5) is 0. The molecule has 112 valence electrons. The fourth-order valence-corrected chi connectivity index (χ4v) is 5.03. The van der Waals surface area contributed by atoms with Crippen LogP contribution in [0.3, 0.4) is 0 Å². The molecule has 2 aliphatic heterocycles. The van der Waals surface area contributed by atoms with Gasteiger partial charge in [-0.2, -0.15) is 17.0 Å². The van der Waals surface area contributed by atoms with Gasteiger partial charge in [-0.05, 0) is 31.6 Å². The molecule has 2 heterocycles. The summed E-state index contributed by atoms with van der Waals surface area (Å²) in [6.07, 6.45) is 5.76. The van der Waals surface area contributed by atoms with Crippen LogP contribution in [0.5, 0.6) is 0 Å². The Kier molecular flexibility index (Phi) is 5.22. The Bertz CT molecular complexity index is 377. The summed E-state index contributed by atoms with van der Waals surface area (Å²) in [7, 11) is -3.37. The molecule has 0 aliphatic carbocycles. The molecule has 0 aromatic rings. The van der Waals surface area contributed by atoms with Crippen molar-refractivity contribution in [1.29, 1.82) is 0 Å². The summed E-state index contributed by atoms with van der Waals surface area (Å²) in [5.74, 6) is 0.668. The lowest BCUT2D eigenvalue weighted by Gasteiger charge is -2.39. The molecule has 5 nitrogen and oxygen atoms in total. The zero-order chi connectivity index (χ0) is 13.9. The van der Waals surface area contributed by atoms with Gasteiger partial charge in [0.2, 0.25) is 0 Å². The molecular formula is C13H26N2O3S. The van der Waals surface area contributed by atoms with E-state index in [1.165, 1.54) is 4.31 Å². The second-order valence-electron chi connectivity index (χ2n) is 5.70. The zero-order valence-electron chi connectivity index (χ0n) is 11.8. The fourth-order valence-electron chi connectivity index (χ4n) is 3.16. The van der Waals surface area contributed by atoms with Gasteiger partial charge in [0, 0.05) is 25.7 Å². The van der Waals surface area contributed by atoms with Crippen LogP contribution in [-0.2, 0) is 10.2 Å². The number of piperidine rings is 2. The first-order valence-corrected chi connectivity index (χ1v) is 8.87. The molecule has 0 aromatic carbocycles. The average molecular weight is 290 g/mol. The summed E-state index contributed by atoms with van der Waals surface area (Å²) in [5, 5.41) is 9.38. The van der Waals surface area contributed by atoms with Gasteiger partial charge in [0.25, 0.3) is 10.2 Å². The van der Waals surface area contributed by atoms with Crippen molar-refractivity contribution in [3.05, 3.63) is 0 Å². The van der Waals surface area contributed by atoms with Crippen molar-refractivity contribution in [3.63, 3.8) is 0 Å². The number of aliphatic hydroxyl groups is 1. The molecule has 0 amide bonds. The number of hydrogen-bond acceptors (Lipinski definition) is 3. The van der Waals surface area contributed by atoms with Crippen molar-refractivity contribution in [3.8, 4) is 0 Å². The van der Waals surface area contributed by atoms with E-state index in [1.54, 1.807) is 4.31 Å². The first-order chi connectivity index (χ1) is 9.09. The van der Waals surface area contributed by atoms with Crippen molar-refractivity contribution < 1.29 is 13.5 Å². The molecule has 2 fully saturated rings. The van der Waals surface area contributed by atoms with Crippen LogP contribution in [0, 0.1) is 5.92 Å². The molecule has 0 aromatic heterocycles. The first-order valence-electron chi connectivity index (χ1n) is 7.47. The van der Waals surface area contributed by atoms with Gasteiger partial charge in [0.15, 0.2) is 0 Å². The summed E-state index contributed by atoms with van der Waals surface area (Å²) in [6.45, 7) is 3.93. The summed E-state index contributed by atoms with van der Waals surface area (Å²) in [6, 6.07) is -0.220. The maximum Gasteiger partial charge on any atom is 0.282 e. The summed E-state index contributed by atoms with van der Waals surface area (Å²) in [5.41, 5.74) is 0. The highest BCUT2D eigenvalue weighted by molar-refractivity contribution is 7.86. The third kappa shape index (κ3) is 3.29. The van der Waals surface area contributed by atoms with Crippen LogP contribution in [0.4, 0.5) is 0 Å². The van der Waals surface area contributed by atoms with Gasteiger partial charge in [0.05, 0.1) is 6.61 Å². The molecule has 1 N–H and O–H groups in total. The van der Waals surface area contributed by atoms with E-state index in [-0.39, 0.29) is 12.6 Å². The molecule has 2 saturated heterocycles. The quantitative estimate of drug-likeness (QED) is 0.846. The van der Waals surface area contributed by atoms with Crippen LogP contribution in [0.25, 0.3) is 0 Å². The first kappa shape index (κ1) is 15.2. The second kappa shape index (κ2) is 6.52. The van der Waals surface area contributed by atoms with Crippen molar-refractivity contribution in [2.45, 2.75) is 51.5 Å². The lowest BCUT2D eigenvalue weighted by atomic mass is 9.96. The Morgan fingerprint density at radius 3 is 2.37 bits per heavy atom. The molecule has 1 atom stereocenters. The van der Waals surface area contributed by atoms with E-state index in [0.29, 0.717) is 25.6 Å². The maximum absolute atomic E-state index is 12.6. The molecule has 2 rings (SSSR count). The van der Waals surface area contributed by atoms with Crippen LogP contribution in [0.2, 0.25) is 0 Å². The van der Waals surface area contributed by atoms with Crippen molar-refractivity contribution >= 4 is 10.2 Å². The molecule has 0 spiro atoms. The molecule has 0 bridgehead atoms. The topological polar surface area (TPSA) is 60.9 Å². The van der Waals surface area contributed by atoms with Crippen LogP contribution >= 0.6 is 0 Å². The van der Waals surface area contributed by atoms with Crippen LogP contribution in [0.15, 0.2) is 0 Å². The van der Waals surface area contributed by atoms with Gasteiger partial charge in [-0.15, -0.1) is 0 Å². The molecule has 6 heteroatoms. The molecule has 19 heavy (non-hydrogen) atoms. The normalized spacial score (nSPS) is 28.6. The Hall–Kier alpha value is -0.170. The Labute approximate surface area is 116 Å². The van der Waals surface area contributed by atoms with Crippen LogP contribution in [-0.4, -0.2) is 54.4 Å². The Balaban J connectivity index is 2.05. The minimum atomic E-state index is -3.37. The highest BCUT2D eigenvalue weighted by Gasteiger charge is 2.37. The van der Waals surface area contributed by atoms with Gasteiger partial charge in [-0.25, -0.2) is 0 Å². The van der Waals surface area contributed by atoms with Crippen LogP contribution < -0.4 is 0 Å². The highest BCUT2D eigenvalue weighted by atomic mass is 32.2. The van der Waals surface area contributed by atoms with E-state index < -0.39 is 10.2 Å². The minimum Gasteiger partial charge on any atom is -0.395 e. The molecule has 0 saturated carbocycles. The maximum atomic E-state index is 12.6. The summed E-state index contributed by atoms with van der Waals surface area (Å²) < 4.78 is 28.4. The standard InChI is InChI=1S/C13H26N2O3S/c1-2-12-6-9-14(10-7-12)19(17,18)15-8-4-3-5-13(15)11-16/h12-13,16H,2-11H2,1H3. The highest BCUT2D eigenvalue weighted by Crippen LogP contribution is 2.27. The zero-order valence-corrected chi connectivity index (χ0v) is 12.6. The van der Waals surface area contributed by atoms with E-state index >= 15 is 0 Å². The van der Waals surface area contributed by atoms with Gasteiger partial charge >= 0.3 is 0 Å². The van der Waals surface area contributed by atoms with Gasteiger partial charge in [-0.1, -0.05) is 19.8 Å². The lowest BCUT2D eigenvalue weighted by Crippen LogP contribution is -2.53.